The van der Waals surface area contributed by atoms with Crippen LogP contribution in [0.25, 0.3) is 0 Å². The first kappa shape index (κ1) is 23.8. The summed E-state index contributed by atoms with van der Waals surface area (Å²) >= 11 is 6.15. The molecule has 0 aliphatic carbocycles. The van der Waals surface area contributed by atoms with E-state index in [1.54, 1.807) is 0 Å². The van der Waals surface area contributed by atoms with Gasteiger partial charge in [0.25, 0.3) is 0 Å². The van der Waals surface area contributed by atoms with E-state index in [1.807, 2.05) is 26.0 Å². The van der Waals surface area contributed by atoms with Crippen LogP contribution in [0.15, 0.2) is 12.1 Å². The molecule has 2 rings (SSSR count). The quantitative estimate of drug-likeness (QED) is 0.797. The van der Waals surface area contributed by atoms with Gasteiger partial charge in [0.15, 0.2) is 0 Å². The maximum absolute atomic E-state index is 10.2. The van der Waals surface area contributed by atoms with Crippen LogP contribution in [0, 0.1) is 13.8 Å². The number of hydrogen-bond donors (Lipinski definition) is 1. The molecule has 1 aliphatic rings. The van der Waals surface area contributed by atoms with Crippen molar-refractivity contribution < 1.29 is 9.84 Å². The summed E-state index contributed by atoms with van der Waals surface area (Å²) in [6.45, 7) is 12.4. The number of aryl methyl sites for hydroxylation is 2. The Bertz CT molecular complexity index is 472. The molecule has 7 heteroatoms. The highest BCUT2D eigenvalue weighted by Gasteiger charge is 2.18. The third-order valence-electron chi connectivity index (χ3n) is 4.23. The molecule has 1 aromatic rings. The third kappa shape index (κ3) is 6.95. The Balaban J connectivity index is 0.00000264. The monoisotopic (exact) mass is 398 g/mol. The van der Waals surface area contributed by atoms with Crippen LogP contribution in [0.2, 0.25) is 5.02 Å². The minimum absolute atomic E-state index is 0. The number of piperazine rings is 1. The van der Waals surface area contributed by atoms with Crippen LogP contribution in [-0.2, 0) is 0 Å². The molecule has 0 amide bonds. The van der Waals surface area contributed by atoms with Crippen LogP contribution in [0.5, 0.6) is 5.75 Å². The van der Waals surface area contributed by atoms with E-state index in [0.717, 1.165) is 54.6 Å². The van der Waals surface area contributed by atoms with Crippen molar-refractivity contribution in [3.8, 4) is 5.75 Å². The van der Waals surface area contributed by atoms with E-state index in [-0.39, 0.29) is 24.8 Å². The van der Waals surface area contributed by atoms with Crippen molar-refractivity contribution in [2.45, 2.75) is 26.9 Å². The van der Waals surface area contributed by atoms with E-state index in [2.05, 4.69) is 16.7 Å². The van der Waals surface area contributed by atoms with E-state index < -0.39 is 6.10 Å². The van der Waals surface area contributed by atoms with Crippen molar-refractivity contribution in [3.05, 3.63) is 28.3 Å². The summed E-state index contributed by atoms with van der Waals surface area (Å²) in [5.41, 5.74) is 2.00. The normalized spacial score (nSPS) is 16.9. The van der Waals surface area contributed by atoms with Crippen LogP contribution in [0.1, 0.15) is 18.1 Å². The van der Waals surface area contributed by atoms with Gasteiger partial charge in [0.05, 0.1) is 0 Å². The van der Waals surface area contributed by atoms with Crippen molar-refractivity contribution in [1.29, 1.82) is 0 Å². The van der Waals surface area contributed by atoms with E-state index >= 15 is 0 Å². The lowest BCUT2D eigenvalue weighted by molar-refractivity contribution is 0.0470. The Morgan fingerprint density at radius 2 is 1.58 bits per heavy atom. The molecule has 0 radical (unpaired) electrons. The van der Waals surface area contributed by atoms with Gasteiger partial charge in [-0.15, -0.1) is 24.8 Å². The molecule has 1 fully saturated rings. The predicted molar refractivity (Wildman–Crippen MR) is 105 cm³/mol. The third-order valence-corrected chi connectivity index (χ3v) is 4.83. The molecule has 140 valence electrons. The highest BCUT2D eigenvalue weighted by Crippen LogP contribution is 2.25. The second kappa shape index (κ2) is 11.4. The van der Waals surface area contributed by atoms with Crippen LogP contribution in [0.4, 0.5) is 0 Å². The van der Waals surface area contributed by atoms with Crippen molar-refractivity contribution >= 4 is 36.4 Å². The number of rotatable bonds is 6. The average molecular weight is 400 g/mol. The van der Waals surface area contributed by atoms with Gasteiger partial charge in [-0.1, -0.05) is 18.5 Å². The summed E-state index contributed by atoms with van der Waals surface area (Å²) in [6.07, 6.45) is -0.468. The number of β-amino-alcohol motifs (C(OH)–C–C–N with tert-alkyl or cyclic N) is 1. The first-order valence-electron chi connectivity index (χ1n) is 8.02. The number of aliphatic hydroxyl groups is 1. The SMILES string of the molecule is CCN1CCN(CC(O)COc2cc(C)c(Cl)c(C)c2)CC1.Cl.Cl. The number of benzene rings is 1. The number of hydrogen-bond acceptors (Lipinski definition) is 4. The maximum atomic E-state index is 10.2. The minimum Gasteiger partial charge on any atom is -0.491 e. The van der Waals surface area contributed by atoms with Crippen LogP contribution in [-0.4, -0.2) is 66.9 Å². The Labute approximate surface area is 162 Å². The summed E-state index contributed by atoms with van der Waals surface area (Å²) in [6, 6.07) is 3.84. The number of likely N-dealkylation sites (N-methyl/N-ethyl adjacent to an activating group) is 1. The molecule has 1 saturated heterocycles. The smallest absolute Gasteiger partial charge is 0.120 e. The molecule has 24 heavy (non-hydrogen) atoms. The fourth-order valence-corrected chi connectivity index (χ4v) is 2.93. The fraction of sp³-hybridized carbons (Fsp3) is 0.647. The highest BCUT2D eigenvalue weighted by molar-refractivity contribution is 6.32. The van der Waals surface area contributed by atoms with Gasteiger partial charge < -0.3 is 14.7 Å². The Morgan fingerprint density at radius 3 is 2.08 bits per heavy atom. The first-order chi connectivity index (χ1) is 10.5. The summed E-state index contributed by atoms with van der Waals surface area (Å²) in [7, 11) is 0. The van der Waals surface area contributed by atoms with Gasteiger partial charge in [-0.3, -0.25) is 4.90 Å². The fourth-order valence-electron chi connectivity index (χ4n) is 2.82. The summed E-state index contributed by atoms with van der Waals surface area (Å²) in [4.78, 5) is 4.73. The standard InChI is InChI=1S/C17H27ClN2O2.2ClH/c1-4-19-5-7-20(8-6-19)11-15(21)12-22-16-9-13(2)17(18)14(3)10-16;;/h9-10,15,21H,4-8,11-12H2,1-3H3;2*1H. The number of aliphatic hydroxyl groups excluding tert-OH is 1. The molecule has 1 atom stereocenters. The van der Waals surface area contributed by atoms with Gasteiger partial charge in [0, 0.05) is 37.7 Å². The zero-order valence-corrected chi connectivity index (χ0v) is 17.0. The summed E-state index contributed by atoms with van der Waals surface area (Å²) in [5, 5.41) is 11.0. The molecule has 1 aromatic carbocycles. The van der Waals surface area contributed by atoms with Crippen molar-refractivity contribution in [3.63, 3.8) is 0 Å². The van der Waals surface area contributed by atoms with E-state index in [4.69, 9.17) is 16.3 Å². The number of nitrogens with zero attached hydrogens (tertiary/aromatic N) is 2. The average Bonchev–Trinajstić information content (AvgIpc) is 2.51. The van der Waals surface area contributed by atoms with Crippen molar-refractivity contribution in [2.75, 3.05) is 45.9 Å². The molecule has 1 N–H and O–H groups in total. The van der Waals surface area contributed by atoms with Gasteiger partial charge in [-0.2, -0.15) is 0 Å². The molecule has 4 nitrogen and oxygen atoms in total. The van der Waals surface area contributed by atoms with Crippen LogP contribution < -0.4 is 4.74 Å². The lowest BCUT2D eigenvalue weighted by Gasteiger charge is -2.34. The second-order valence-corrected chi connectivity index (χ2v) is 6.45. The molecule has 1 unspecified atom stereocenters. The number of halogens is 3. The van der Waals surface area contributed by atoms with Gasteiger partial charge in [0.1, 0.15) is 18.5 Å². The Morgan fingerprint density at radius 1 is 1.08 bits per heavy atom. The lowest BCUT2D eigenvalue weighted by Crippen LogP contribution is -2.49. The summed E-state index contributed by atoms with van der Waals surface area (Å²) < 4.78 is 5.72. The molecule has 0 spiro atoms. The zero-order chi connectivity index (χ0) is 16.1. The highest BCUT2D eigenvalue weighted by atomic mass is 35.5. The minimum atomic E-state index is -0.468. The zero-order valence-electron chi connectivity index (χ0n) is 14.6. The topological polar surface area (TPSA) is 35.9 Å². The predicted octanol–water partition coefficient (Wildman–Crippen LogP) is 3.18. The Kier molecular flexibility index (Phi) is 11.3. The van der Waals surface area contributed by atoms with Crippen molar-refractivity contribution in [1.82, 2.24) is 9.80 Å². The van der Waals surface area contributed by atoms with Crippen LogP contribution >= 0.6 is 36.4 Å². The lowest BCUT2D eigenvalue weighted by atomic mass is 10.1. The molecule has 0 saturated carbocycles. The maximum Gasteiger partial charge on any atom is 0.120 e. The second-order valence-electron chi connectivity index (χ2n) is 6.07. The van der Waals surface area contributed by atoms with Gasteiger partial charge in [0.2, 0.25) is 0 Å². The molecular formula is C17H29Cl3N2O2. The van der Waals surface area contributed by atoms with Crippen LogP contribution in [0.3, 0.4) is 0 Å². The van der Waals surface area contributed by atoms with Gasteiger partial charge in [-0.25, -0.2) is 0 Å². The molecule has 1 heterocycles. The molecule has 0 bridgehead atoms. The molecular weight excluding hydrogens is 371 g/mol. The molecule has 0 aromatic heterocycles. The number of ether oxygens (including phenoxy) is 1. The first-order valence-corrected chi connectivity index (χ1v) is 8.39. The van der Waals surface area contributed by atoms with E-state index in [0.29, 0.717) is 13.2 Å². The molecule has 1 aliphatic heterocycles. The van der Waals surface area contributed by atoms with Crippen molar-refractivity contribution in [2.24, 2.45) is 0 Å². The van der Waals surface area contributed by atoms with E-state index in [9.17, 15) is 5.11 Å². The van der Waals surface area contributed by atoms with Gasteiger partial charge >= 0.3 is 0 Å². The van der Waals surface area contributed by atoms with E-state index in [1.165, 1.54) is 0 Å². The van der Waals surface area contributed by atoms with Gasteiger partial charge in [-0.05, 0) is 43.7 Å². The largest absolute Gasteiger partial charge is 0.491 e. The summed E-state index contributed by atoms with van der Waals surface area (Å²) in [5.74, 6) is 0.772. The Hall–Kier alpha value is -0.230.